The van der Waals surface area contributed by atoms with E-state index < -0.39 is 11.7 Å². The molecule has 41 heavy (non-hydrogen) atoms. The van der Waals surface area contributed by atoms with Gasteiger partial charge in [0.25, 0.3) is 5.91 Å². The first-order valence-corrected chi connectivity index (χ1v) is 13.7. The van der Waals surface area contributed by atoms with Crippen LogP contribution in [0.2, 0.25) is 5.02 Å². The lowest BCUT2D eigenvalue weighted by Gasteiger charge is -2.27. The summed E-state index contributed by atoms with van der Waals surface area (Å²) in [6.45, 7) is 10.8. The maximum Gasteiger partial charge on any atom is 0.414 e. The van der Waals surface area contributed by atoms with E-state index in [0.29, 0.717) is 21.7 Å². The fourth-order valence-electron chi connectivity index (χ4n) is 4.31. The minimum Gasteiger partial charge on any atom is -0.444 e. The highest BCUT2D eigenvalue weighted by Gasteiger charge is 2.23. The highest BCUT2D eigenvalue weighted by atomic mass is 35.5. The molecule has 1 saturated carbocycles. The van der Waals surface area contributed by atoms with Gasteiger partial charge in [0.05, 0.1) is 11.6 Å². The quantitative estimate of drug-likeness (QED) is 0.227. The Kier molecular flexibility index (Phi) is 10.6. The van der Waals surface area contributed by atoms with Gasteiger partial charge in [-0.25, -0.2) is 14.8 Å². The topological polar surface area (TPSA) is 144 Å². The SMILES string of the molecule is C=N/C(N)=C(/C#Cc1ccc(C(=O)NC2CCC(N=C(N)NC(=O)OC(C)(C)C)CC2)cc1)c1cc(Cl)ccc1C. The molecule has 216 valence electrons. The van der Waals surface area contributed by atoms with E-state index in [1.807, 2.05) is 13.0 Å². The van der Waals surface area contributed by atoms with Crippen LogP contribution in [-0.2, 0) is 4.74 Å². The summed E-state index contributed by atoms with van der Waals surface area (Å²) in [5.74, 6) is 6.26. The van der Waals surface area contributed by atoms with E-state index in [1.54, 1.807) is 57.2 Å². The van der Waals surface area contributed by atoms with Crippen molar-refractivity contribution in [1.29, 1.82) is 0 Å². The van der Waals surface area contributed by atoms with Crippen LogP contribution < -0.4 is 22.1 Å². The Hall–Kier alpha value is -4.29. The van der Waals surface area contributed by atoms with E-state index >= 15 is 0 Å². The summed E-state index contributed by atoms with van der Waals surface area (Å²) in [5.41, 5.74) is 14.8. The van der Waals surface area contributed by atoms with Crippen LogP contribution in [0.3, 0.4) is 0 Å². The van der Waals surface area contributed by atoms with Crippen LogP contribution in [-0.4, -0.2) is 42.4 Å². The largest absolute Gasteiger partial charge is 0.444 e. The highest BCUT2D eigenvalue weighted by molar-refractivity contribution is 6.30. The van der Waals surface area contributed by atoms with Crippen LogP contribution in [0.4, 0.5) is 4.79 Å². The molecule has 10 heteroatoms. The molecule has 0 heterocycles. The normalized spacial score (nSPS) is 17.8. The molecule has 9 nitrogen and oxygen atoms in total. The number of aryl methyl sites for hydroxylation is 1. The number of nitrogens with one attached hydrogen (secondary N) is 2. The van der Waals surface area contributed by atoms with E-state index in [4.69, 9.17) is 27.8 Å². The molecule has 2 amide bonds. The molecule has 1 fully saturated rings. The Morgan fingerprint density at radius 2 is 1.73 bits per heavy atom. The van der Waals surface area contributed by atoms with Crippen molar-refractivity contribution in [2.75, 3.05) is 0 Å². The zero-order valence-electron chi connectivity index (χ0n) is 23.9. The van der Waals surface area contributed by atoms with Gasteiger partial charge in [0.15, 0.2) is 5.96 Å². The molecule has 3 rings (SSSR count). The third-order valence-electron chi connectivity index (χ3n) is 6.36. The summed E-state index contributed by atoms with van der Waals surface area (Å²) in [5, 5.41) is 6.11. The molecule has 0 saturated heterocycles. The van der Waals surface area contributed by atoms with Crippen molar-refractivity contribution in [2.24, 2.45) is 21.5 Å². The Bertz CT molecular complexity index is 1410. The van der Waals surface area contributed by atoms with Gasteiger partial charge in [-0.05, 0) is 108 Å². The number of carbonyl (C=O) groups is 2. The molecule has 1 aliphatic rings. The third kappa shape index (κ3) is 9.69. The average Bonchev–Trinajstić information content (AvgIpc) is 2.90. The molecule has 0 aliphatic heterocycles. The summed E-state index contributed by atoms with van der Waals surface area (Å²) < 4.78 is 5.19. The van der Waals surface area contributed by atoms with Gasteiger partial charge in [0.2, 0.25) is 0 Å². The van der Waals surface area contributed by atoms with Crippen molar-refractivity contribution in [2.45, 2.75) is 71.1 Å². The third-order valence-corrected chi connectivity index (χ3v) is 6.59. The zero-order valence-corrected chi connectivity index (χ0v) is 24.6. The number of aliphatic imine (C=N–C) groups is 2. The Morgan fingerprint density at radius 1 is 1.07 bits per heavy atom. The maximum absolute atomic E-state index is 12.9. The number of rotatable bonds is 5. The van der Waals surface area contributed by atoms with Crippen molar-refractivity contribution >= 4 is 41.9 Å². The van der Waals surface area contributed by atoms with Crippen molar-refractivity contribution < 1.29 is 14.3 Å². The molecule has 2 aromatic rings. The van der Waals surface area contributed by atoms with Crippen LogP contribution in [0, 0.1) is 18.8 Å². The lowest BCUT2D eigenvalue weighted by atomic mass is 9.91. The van der Waals surface area contributed by atoms with Crippen LogP contribution >= 0.6 is 11.6 Å². The number of hydrogen-bond acceptors (Lipinski definition) is 6. The molecular weight excluding hydrogens is 540 g/mol. The summed E-state index contributed by atoms with van der Waals surface area (Å²) in [4.78, 5) is 33.0. The molecule has 0 bridgehead atoms. The van der Waals surface area contributed by atoms with Crippen LogP contribution in [0.15, 0.2) is 58.3 Å². The second-order valence-electron chi connectivity index (χ2n) is 10.8. The van der Waals surface area contributed by atoms with Gasteiger partial charge < -0.3 is 21.5 Å². The number of ether oxygens (including phenoxy) is 1. The van der Waals surface area contributed by atoms with Crippen LogP contribution in [0.5, 0.6) is 0 Å². The van der Waals surface area contributed by atoms with Gasteiger partial charge in [-0.15, -0.1) is 0 Å². The Balaban J connectivity index is 1.57. The van der Waals surface area contributed by atoms with Gasteiger partial charge >= 0.3 is 6.09 Å². The summed E-state index contributed by atoms with van der Waals surface area (Å²) >= 11 is 6.18. The Morgan fingerprint density at radius 3 is 2.34 bits per heavy atom. The van der Waals surface area contributed by atoms with E-state index in [0.717, 1.165) is 36.8 Å². The lowest BCUT2D eigenvalue weighted by molar-refractivity contribution is 0.0562. The first-order valence-electron chi connectivity index (χ1n) is 13.3. The number of hydrogen-bond donors (Lipinski definition) is 4. The summed E-state index contributed by atoms with van der Waals surface area (Å²) in [6, 6.07) is 12.5. The Labute approximate surface area is 246 Å². The van der Waals surface area contributed by atoms with Gasteiger partial charge in [0, 0.05) is 22.2 Å². The van der Waals surface area contributed by atoms with E-state index in [1.165, 1.54) is 0 Å². The van der Waals surface area contributed by atoms with Crippen molar-refractivity contribution in [3.8, 4) is 11.8 Å². The van der Waals surface area contributed by atoms with Gasteiger partial charge in [0.1, 0.15) is 11.4 Å². The first-order chi connectivity index (χ1) is 19.3. The molecule has 0 atom stereocenters. The summed E-state index contributed by atoms with van der Waals surface area (Å²) in [6.07, 6.45) is 2.34. The molecule has 6 N–H and O–H groups in total. The number of halogens is 1. The number of amides is 2. The first kappa shape index (κ1) is 31.2. The van der Waals surface area contributed by atoms with Crippen molar-refractivity contribution in [1.82, 2.24) is 10.6 Å². The molecule has 2 aromatic carbocycles. The van der Waals surface area contributed by atoms with Crippen molar-refractivity contribution in [3.63, 3.8) is 0 Å². The zero-order chi connectivity index (χ0) is 30.2. The second-order valence-corrected chi connectivity index (χ2v) is 11.3. The smallest absolute Gasteiger partial charge is 0.414 e. The van der Waals surface area contributed by atoms with E-state index in [9.17, 15) is 9.59 Å². The number of benzene rings is 2. The fourth-order valence-corrected chi connectivity index (χ4v) is 4.48. The minimum atomic E-state index is -0.636. The van der Waals surface area contributed by atoms with Crippen LogP contribution in [0.1, 0.15) is 73.5 Å². The number of alkyl carbamates (subject to hydrolysis) is 1. The number of nitrogens with two attached hydrogens (primary N) is 2. The molecular formula is C31H37ClN6O3. The number of nitrogens with zero attached hydrogens (tertiary/aromatic N) is 2. The molecule has 0 unspecified atom stereocenters. The van der Waals surface area contributed by atoms with Gasteiger partial charge in [-0.2, -0.15) is 0 Å². The minimum absolute atomic E-state index is 0.0245. The highest BCUT2D eigenvalue weighted by Crippen LogP contribution is 2.25. The standard InChI is InChI=1S/C31H37ClN6O3/c1-19-6-12-22(32)18-26(19)25(27(33)35-5)17-9-20-7-10-21(11-8-20)28(39)36-23-13-15-24(16-14-23)37-29(34)38-30(40)41-31(2,3)4/h6-8,10-12,18,23-24H,5,13-16,33H2,1-4H3,(H,36,39)(H3,34,37,38,40)/b27-25-. The molecule has 0 radical (unpaired) electrons. The molecule has 1 aliphatic carbocycles. The van der Waals surface area contributed by atoms with Crippen molar-refractivity contribution in [3.05, 3.63) is 75.6 Å². The van der Waals surface area contributed by atoms with Gasteiger partial charge in [-0.1, -0.05) is 29.5 Å². The lowest BCUT2D eigenvalue weighted by Crippen LogP contribution is -2.42. The number of allylic oxidation sites excluding steroid dienone is 1. The monoisotopic (exact) mass is 576 g/mol. The maximum atomic E-state index is 12.9. The molecule has 0 spiro atoms. The van der Waals surface area contributed by atoms with Crippen LogP contribution in [0.25, 0.3) is 5.57 Å². The second kappa shape index (κ2) is 13.9. The van der Waals surface area contributed by atoms with E-state index in [-0.39, 0.29) is 29.8 Å². The predicted octanol–water partition coefficient (Wildman–Crippen LogP) is 4.91. The number of carbonyl (C=O) groups excluding carboxylic acids is 2. The fraction of sp³-hybridized carbons (Fsp3) is 0.355. The number of guanidine groups is 1. The summed E-state index contributed by atoms with van der Waals surface area (Å²) in [7, 11) is 0. The average molecular weight is 577 g/mol. The van der Waals surface area contributed by atoms with E-state index in [2.05, 4.69) is 39.2 Å². The predicted molar refractivity (Wildman–Crippen MR) is 165 cm³/mol. The van der Waals surface area contributed by atoms with Gasteiger partial charge in [-0.3, -0.25) is 10.1 Å². The molecule has 0 aromatic heterocycles.